The van der Waals surface area contributed by atoms with Crippen LogP contribution < -0.4 is 14.8 Å². The maximum Gasteiger partial charge on any atom is 0.264 e. The summed E-state index contributed by atoms with van der Waals surface area (Å²) in [6, 6.07) is 8.57. The lowest BCUT2D eigenvalue weighted by atomic mass is 9.99. The lowest BCUT2D eigenvalue weighted by Gasteiger charge is -2.23. The molecule has 0 radical (unpaired) electrons. The minimum absolute atomic E-state index is 0.107. The van der Waals surface area contributed by atoms with Crippen LogP contribution in [0.5, 0.6) is 5.75 Å². The van der Waals surface area contributed by atoms with Gasteiger partial charge in [0.2, 0.25) is 0 Å². The molecule has 2 aromatic carbocycles. The fourth-order valence-corrected chi connectivity index (χ4v) is 4.72. The molecule has 234 valence electrons. The van der Waals surface area contributed by atoms with E-state index in [2.05, 4.69) is 10.0 Å². The van der Waals surface area contributed by atoms with Gasteiger partial charge in [-0.3, -0.25) is 9.52 Å². The number of carbonyl (C=O) groups is 1. The van der Waals surface area contributed by atoms with Crippen LogP contribution in [0.2, 0.25) is 10.0 Å². The molecule has 2 N–H and O–H groups in total. The molecule has 1 amide bonds. The Labute approximate surface area is 262 Å². The van der Waals surface area contributed by atoms with Gasteiger partial charge in [0.25, 0.3) is 5.91 Å². The van der Waals surface area contributed by atoms with Crippen LogP contribution in [0.3, 0.4) is 0 Å². The van der Waals surface area contributed by atoms with Crippen molar-refractivity contribution in [2.45, 2.75) is 79.6 Å². The van der Waals surface area contributed by atoms with Gasteiger partial charge in [-0.1, -0.05) is 82.8 Å². The minimum Gasteiger partial charge on any atom is -0.493 e. The fourth-order valence-electron chi connectivity index (χ4n) is 3.92. The van der Waals surface area contributed by atoms with Crippen molar-refractivity contribution in [2.75, 3.05) is 39.7 Å². The number of rotatable bonds is 9. The molecule has 41 heavy (non-hydrogen) atoms. The Bertz CT molecular complexity index is 988. The molecule has 1 saturated heterocycles. The minimum atomic E-state index is -0.513. The number of benzene rings is 2. The smallest absolute Gasteiger partial charge is 0.264 e. The van der Waals surface area contributed by atoms with E-state index in [0.29, 0.717) is 40.8 Å². The lowest BCUT2D eigenvalue weighted by Crippen LogP contribution is -2.30. The molecule has 0 aromatic heterocycles. The molecule has 2 aromatic rings. The van der Waals surface area contributed by atoms with E-state index in [1.165, 1.54) is 18.0 Å². The van der Waals surface area contributed by atoms with Gasteiger partial charge in [-0.2, -0.15) is 0 Å². The molecule has 2 aliphatic rings. The van der Waals surface area contributed by atoms with Crippen LogP contribution in [0.1, 0.15) is 94.6 Å². The van der Waals surface area contributed by atoms with E-state index in [-0.39, 0.29) is 11.5 Å². The first-order valence-corrected chi connectivity index (χ1v) is 16.8. The summed E-state index contributed by atoms with van der Waals surface area (Å²) in [6.07, 6.45) is 6.92. The number of piperidine rings is 1. The number of nitrogens with one attached hydrogen (secondary N) is 2. The number of amides is 1. The van der Waals surface area contributed by atoms with Gasteiger partial charge in [-0.15, -0.1) is 0 Å². The third-order valence-corrected chi connectivity index (χ3v) is 7.06. The van der Waals surface area contributed by atoms with E-state index in [1.54, 1.807) is 25.5 Å². The largest absolute Gasteiger partial charge is 0.493 e. The predicted molar refractivity (Wildman–Crippen MR) is 177 cm³/mol. The second-order valence-electron chi connectivity index (χ2n) is 8.76. The zero-order valence-corrected chi connectivity index (χ0v) is 28.5. The highest BCUT2D eigenvalue weighted by Gasteiger charge is 2.29. The fraction of sp³-hybridized carbons (Fsp3) is 0.594. The summed E-state index contributed by atoms with van der Waals surface area (Å²) in [5.41, 5.74) is 2.16. The summed E-state index contributed by atoms with van der Waals surface area (Å²) in [5.74, 6) is 0.637. The summed E-state index contributed by atoms with van der Waals surface area (Å²) in [5, 5.41) is 4.71. The Kier molecular flexibility index (Phi) is 23.1. The van der Waals surface area contributed by atoms with Crippen LogP contribution in [0, 0.1) is 11.7 Å². The summed E-state index contributed by atoms with van der Waals surface area (Å²) in [6.45, 7) is 15.3. The average molecular weight is 634 g/mol. The Morgan fingerprint density at radius 1 is 1.02 bits per heavy atom. The van der Waals surface area contributed by atoms with E-state index >= 15 is 0 Å². The zero-order valence-electron chi connectivity index (χ0n) is 26.2. The first kappa shape index (κ1) is 39.5. The van der Waals surface area contributed by atoms with Crippen LogP contribution in [0.15, 0.2) is 30.3 Å². The maximum atomic E-state index is 14.3. The molecule has 2 fully saturated rings. The highest BCUT2D eigenvalue weighted by molar-refractivity contribution is 7.97. The van der Waals surface area contributed by atoms with Gasteiger partial charge in [0.1, 0.15) is 11.6 Å². The van der Waals surface area contributed by atoms with Gasteiger partial charge in [0.05, 0.1) is 18.8 Å². The van der Waals surface area contributed by atoms with Crippen molar-refractivity contribution in [3.63, 3.8) is 0 Å². The SMILES string of the molecule is CC.CC.CC.COCCc1ccc(Cl)cc1Cl.CSNC(=O)c1cc(C2CC2)c(OCC2CCNCC2)cc1F. The second-order valence-corrected chi connectivity index (χ2v) is 10.2. The second kappa shape index (κ2) is 24.0. The number of methoxy groups -OCH3 is 1. The number of carbonyl (C=O) groups excluding carboxylic acids is 1. The molecular formula is C32H51Cl2FN2O3S. The van der Waals surface area contributed by atoms with Crippen molar-refractivity contribution in [1.82, 2.24) is 10.0 Å². The Morgan fingerprint density at radius 3 is 2.20 bits per heavy atom. The van der Waals surface area contributed by atoms with Crippen molar-refractivity contribution in [1.29, 1.82) is 0 Å². The van der Waals surface area contributed by atoms with Gasteiger partial charge in [-0.05, 0) is 86.4 Å². The van der Waals surface area contributed by atoms with Gasteiger partial charge in [0.15, 0.2) is 0 Å². The monoisotopic (exact) mass is 632 g/mol. The lowest BCUT2D eigenvalue weighted by molar-refractivity contribution is 0.0980. The molecule has 5 nitrogen and oxygen atoms in total. The predicted octanol–water partition coefficient (Wildman–Crippen LogP) is 9.35. The van der Waals surface area contributed by atoms with Crippen LogP contribution in [-0.2, 0) is 11.2 Å². The Balaban J connectivity index is 0.000000752. The third-order valence-electron chi connectivity index (χ3n) is 6.08. The average Bonchev–Trinajstić information content (AvgIpc) is 3.85. The van der Waals surface area contributed by atoms with Crippen molar-refractivity contribution in [3.8, 4) is 5.75 Å². The highest BCUT2D eigenvalue weighted by Crippen LogP contribution is 2.45. The molecule has 1 aliphatic heterocycles. The molecular weight excluding hydrogens is 582 g/mol. The summed E-state index contributed by atoms with van der Waals surface area (Å²) in [7, 11) is 1.67. The summed E-state index contributed by atoms with van der Waals surface area (Å²) < 4.78 is 27.8. The first-order chi connectivity index (χ1) is 19.9. The normalized spacial score (nSPS) is 13.9. The standard InChI is InChI=1S/C17H23FN2O2S.C9H10Cl2O.3C2H6/c1-23-20-17(21)14-8-13(12-2-3-12)16(9-15(14)18)22-10-11-4-6-19-7-5-11;1-12-5-4-7-2-3-8(10)6-9(7)11;3*1-2/h8-9,11-12,19H,2-7,10H2,1H3,(H,20,21);2-3,6H,4-5H2,1H3;3*1-2H3. The molecule has 1 aliphatic carbocycles. The van der Waals surface area contributed by atoms with E-state index in [9.17, 15) is 9.18 Å². The van der Waals surface area contributed by atoms with E-state index in [0.717, 1.165) is 56.3 Å². The third kappa shape index (κ3) is 15.0. The van der Waals surface area contributed by atoms with Crippen molar-refractivity contribution >= 4 is 41.1 Å². The van der Waals surface area contributed by atoms with Crippen LogP contribution in [-0.4, -0.2) is 45.6 Å². The number of halogens is 3. The van der Waals surface area contributed by atoms with Crippen LogP contribution >= 0.6 is 35.1 Å². The van der Waals surface area contributed by atoms with Crippen LogP contribution in [0.25, 0.3) is 0 Å². The number of hydrogen-bond acceptors (Lipinski definition) is 5. The molecule has 0 spiro atoms. The van der Waals surface area contributed by atoms with Crippen molar-refractivity contribution in [2.24, 2.45) is 5.92 Å². The molecule has 0 unspecified atom stereocenters. The highest BCUT2D eigenvalue weighted by atomic mass is 35.5. The molecule has 1 saturated carbocycles. The van der Waals surface area contributed by atoms with Crippen molar-refractivity contribution in [3.05, 3.63) is 62.9 Å². The molecule has 4 rings (SSSR count). The van der Waals surface area contributed by atoms with E-state index in [4.69, 9.17) is 32.7 Å². The first-order valence-electron chi connectivity index (χ1n) is 14.9. The molecule has 9 heteroatoms. The summed E-state index contributed by atoms with van der Waals surface area (Å²) >= 11 is 12.8. The van der Waals surface area contributed by atoms with Gasteiger partial charge in [-0.25, -0.2) is 4.39 Å². The molecule has 0 atom stereocenters. The number of hydrogen-bond donors (Lipinski definition) is 2. The summed E-state index contributed by atoms with van der Waals surface area (Å²) in [4.78, 5) is 12.0. The van der Waals surface area contributed by atoms with Gasteiger partial charge >= 0.3 is 0 Å². The maximum absolute atomic E-state index is 14.3. The Hall–Kier alpha value is -1.51. The van der Waals surface area contributed by atoms with Crippen LogP contribution in [0.4, 0.5) is 4.39 Å². The van der Waals surface area contributed by atoms with E-state index < -0.39 is 5.82 Å². The topological polar surface area (TPSA) is 59.6 Å². The molecule has 0 bridgehead atoms. The van der Waals surface area contributed by atoms with Gasteiger partial charge in [0, 0.05) is 29.5 Å². The van der Waals surface area contributed by atoms with Gasteiger partial charge < -0.3 is 14.8 Å². The zero-order chi connectivity index (χ0) is 31.2. The Morgan fingerprint density at radius 2 is 1.66 bits per heavy atom. The quantitative estimate of drug-likeness (QED) is 0.270. The number of ether oxygens (including phenoxy) is 2. The molecule has 1 heterocycles. The van der Waals surface area contributed by atoms with E-state index in [1.807, 2.05) is 53.7 Å². The van der Waals surface area contributed by atoms with Crippen molar-refractivity contribution < 1.29 is 18.7 Å².